The van der Waals surface area contributed by atoms with E-state index in [0.29, 0.717) is 33.6 Å². The van der Waals surface area contributed by atoms with E-state index in [1.54, 1.807) is 0 Å². The zero-order valence-electron chi connectivity index (χ0n) is 60.0. The fraction of sp³-hybridized carbons (Fsp3) is 0.571. The topological polar surface area (TPSA) is 71.1 Å². The van der Waals surface area contributed by atoms with E-state index in [-0.39, 0.29) is 0 Å². The van der Waals surface area contributed by atoms with Gasteiger partial charge in [0.15, 0.2) is 0 Å². The van der Waals surface area contributed by atoms with E-state index >= 15 is 9.13 Å². The third-order valence-corrected chi connectivity index (χ3v) is 22.6. The molecule has 0 aromatic heterocycles. The zero-order chi connectivity index (χ0) is 66.1. The minimum absolute atomic E-state index is 0.512. The van der Waals surface area contributed by atoms with Gasteiger partial charge >= 0.3 is 15.2 Å². The first-order valence-electron chi connectivity index (χ1n) is 37.6. The highest BCUT2D eigenvalue weighted by Gasteiger charge is 2.37. The summed E-state index contributed by atoms with van der Waals surface area (Å²) in [7, 11) is -8.27. The molecule has 506 valence electrons. The summed E-state index contributed by atoms with van der Waals surface area (Å²) < 4.78 is 62.0. The van der Waals surface area contributed by atoms with Crippen molar-refractivity contribution in [3.8, 4) is 34.1 Å². The Morgan fingerprint density at radius 3 is 0.576 bits per heavy atom. The summed E-state index contributed by atoms with van der Waals surface area (Å²) in [6.07, 6.45) is 37.4. The molecular formula is C84H124O6P2. The van der Waals surface area contributed by atoms with Gasteiger partial charge in [-0.05, 0) is 281 Å². The maximum Gasteiger partial charge on any atom is 0.462 e. The molecule has 8 heteroatoms. The predicted molar refractivity (Wildman–Crippen MR) is 398 cm³/mol. The van der Waals surface area contributed by atoms with Crippen molar-refractivity contribution in [3.63, 3.8) is 0 Å². The molecule has 0 aliphatic heterocycles. The molecule has 0 unspecified atom stereocenters. The highest BCUT2D eigenvalue weighted by molar-refractivity contribution is 7.63. The standard InChI is InChI=1S/C84H124O6P2/c1-13-25-37-67-53-61-81(77(45-33-21-9)73(67)41-29-17-5)87-91(85,88-82-62-54-68(38-26-14-2)74(42-30-18-6)78(82)46-34-22-10)71-57-49-65(50-58-71)66-51-59-72(60-52-66)92(86,89-83-63-55-69(39-27-15-3)75(43-31-19-7)79(83)47-35-23-11)90-84-64-56-70(40-28-16-4)76(44-32-20-8)80(84)48-36-24-12/h49-64H,13-48H2,1-12H3. The van der Waals surface area contributed by atoms with Gasteiger partial charge in [-0.25, -0.2) is 9.13 Å². The number of hydrogen-bond donors (Lipinski definition) is 0. The Bertz CT molecular complexity index is 2830. The van der Waals surface area contributed by atoms with E-state index in [2.05, 4.69) is 132 Å². The molecule has 6 rings (SSSR count). The highest BCUT2D eigenvalue weighted by atomic mass is 31.2. The lowest BCUT2D eigenvalue weighted by Gasteiger charge is -2.27. The van der Waals surface area contributed by atoms with Gasteiger partial charge in [-0.2, -0.15) is 0 Å². The van der Waals surface area contributed by atoms with Gasteiger partial charge in [0.2, 0.25) is 0 Å². The first kappa shape index (κ1) is 76.0. The van der Waals surface area contributed by atoms with Crippen molar-refractivity contribution >= 4 is 25.8 Å². The van der Waals surface area contributed by atoms with Gasteiger partial charge in [-0.1, -0.05) is 209 Å². The van der Waals surface area contributed by atoms with Crippen molar-refractivity contribution in [1.82, 2.24) is 0 Å². The Labute approximate surface area is 562 Å². The molecule has 0 aliphatic rings. The van der Waals surface area contributed by atoms with Crippen molar-refractivity contribution in [3.05, 3.63) is 164 Å². The van der Waals surface area contributed by atoms with Crippen LogP contribution in [0.3, 0.4) is 0 Å². The van der Waals surface area contributed by atoms with E-state index < -0.39 is 15.2 Å². The Balaban J connectivity index is 1.53. The summed E-state index contributed by atoms with van der Waals surface area (Å²) in [4.78, 5) is 0. The third-order valence-electron chi connectivity index (χ3n) is 19.0. The highest BCUT2D eigenvalue weighted by Crippen LogP contribution is 2.53. The summed E-state index contributed by atoms with van der Waals surface area (Å²) in [6.45, 7) is 27.1. The van der Waals surface area contributed by atoms with Crippen LogP contribution in [0.4, 0.5) is 0 Å². The number of aryl methyl sites for hydroxylation is 4. The molecule has 6 nitrogen and oxygen atoms in total. The molecule has 92 heavy (non-hydrogen) atoms. The van der Waals surface area contributed by atoms with Gasteiger partial charge in [-0.3, -0.25) is 0 Å². The molecule has 0 radical (unpaired) electrons. The average Bonchev–Trinajstić information content (AvgIpc) is 0.792. The van der Waals surface area contributed by atoms with Crippen molar-refractivity contribution in [1.29, 1.82) is 0 Å². The average molecular weight is 1290 g/mol. The lowest BCUT2D eigenvalue weighted by Crippen LogP contribution is -2.18. The molecule has 0 saturated heterocycles. The summed E-state index contributed by atoms with van der Waals surface area (Å²) >= 11 is 0. The van der Waals surface area contributed by atoms with Gasteiger partial charge in [0.1, 0.15) is 23.0 Å². The van der Waals surface area contributed by atoms with Crippen LogP contribution < -0.4 is 28.7 Å². The van der Waals surface area contributed by atoms with Crippen LogP contribution in [-0.4, -0.2) is 0 Å². The smallest absolute Gasteiger partial charge is 0.413 e. The maximum atomic E-state index is 16.6. The van der Waals surface area contributed by atoms with Crippen LogP contribution in [0.15, 0.2) is 97.1 Å². The molecule has 0 atom stereocenters. The second-order valence-electron chi connectivity index (χ2n) is 26.4. The molecule has 6 aromatic rings. The quantitative estimate of drug-likeness (QED) is 0.0355. The molecule has 0 amide bonds. The van der Waals surface area contributed by atoms with E-state index in [9.17, 15) is 0 Å². The lowest BCUT2D eigenvalue weighted by atomic mass is 9.90. The van der Waals surface area contributed by atoms with Crippen LogP contribution in [-0.2, 0) is 86.2 Å². The molecule has 0 aliphatic carbocycles. The maximum absolute atomic E-state index is 16.6. The normalized spacial score (nSPS) is 11.8. The molecule has 0 bridgehead atoms. The third kappa shape index (κ3) is 21.5. The predicted octanol–water partition coefficient (Wildman–Crippen LogP) is 25.4. The Kier molecular flexibility index (Phi) is 33.9. The number of hydrogen-bond acceptors (Lipinski definition) is 6. The zero-order valence-corrected chi connectivity index (χ0v) is 61.8. The van der Waals surface area contributed by atoms with Crippen molar-refractivity contribution in [2.75, 3.05) is 0 Å². The first-order chi connectivity index (χ1) is 44.9. The minimum atomic E-state index is -4.14. The summed E-state index contributed by atoms with van der Waals surface area (Å²) in [5, 5.41) is 1.02. The molecule has 0 fully saturated rings. The molecule has 0 N–H and O–H groups in total. The second-order valence-corrected chi connectivity index (χ2v) is 30.2. The Morgan fingerprint density at radius 1 is 0.217 bits per heavy atom. The summed E-state index contributed by atoms with van der Waals surface area (Å²) in [5.41, 5.74) is 17.6. The van der Waals surface area contributed by atoms with Gasteiger partial charge in [-0.15, -0.1) is 0 Å². The molecule has 6 aromatic carbocycles. The fourth-order valence-electron chi connectivity index (χ4n) is 13.2. The van der Waals surface area contributed by atoms with Crippen LogP contribution in [0.1, 0.15) is 304 Å². The van der Waals surface area contributed by atoms with Crippen molar-refractivity contribution in [2.24, 2.45) is 0 Å². The van der Waals surface area contributed by atoms with Crippen molar-refractivity contribution in [2.45, 2.75) is 314 Å². The summed E-state index contributed by atoms with van der Waals surface area (Å²) in [5.74, 6) is 2.69. The second kappa shape index (κ2) is 41.1. The van der Waals surface area contributed by atoms with Crippen LogP contribution in [0, 0.1) is 0 Å². The number of benzene rings is 6. The number of rotatable bonds is 47. The Morgan fingerprint density at radius 2 is 0.391 bits per heavy atom. The van der Waals surface area contributed by atoms with E-state index in [0.717, 1.165) is 242 Å². The van der Waals surface area contributed by atoms with Gasteiger partial charge in [0, 0.05) is 0 Å². The van der Waals surface area contributed by atoms with Gasteiger partial charge in [0.25, 0.3) is 0 Å². The van der Waals surface area contributed by atoms with E-state index in [4.69, 9.17) is 18.1 Å². The Hall–Kier alpha value is -5.02. The van der Waals surface area contributed by atoms with Gasteiger partial charge in [0.05, 0.1) is 10.6 Å². The monoisotopic (exact) mass is 1290 g/mol. The van der Waals surface area contributed by atoms with E-state index in [1.807, 2.05) is 48.5 Å². The number of unbranched alkanes of at least 4 members (excludes halogenated alkanes) is 12. The molecule has 0 saturated carbocycles. The molecule has 0 spiro atoms. The minimum Gasteiger partial charge on any atom is -0.413 e. The summed E-state index contributed by atoms with van der Waals surface area (Å²) in [6, 6.07) is 33.4. The van der Waals surface area contributed by atoms with Crippen molar-refractivity contribution < 1.29 is 27.2 Å². The van der Waals surface area contributed by atoms with Gasteiger partial charge < -0.3 is 18.1 Å². The first-order valence-corrected chi connectivity index (χ1v) is 40.7. The van der Waals surface area contributed by atoms with Crippen LogP contribution in [0.25, 0.3) is 11.1 Å². The molecule has 0 heterocycles. The lowest BCUT2D eigenvalue weighted by molar-refractivity contribution is 0.393. The van der Waals surface area contributed by atoms with Crippen LogP contribution >= 0.6 is 15.2 Å². The van der Waals surface area contributed by atoms with Crippen LogP contribution in [0.2, 0.25) is 0 Å². The largest absolute Gasteiger partial charge is 0.462 e. The molecular weight excluding hydrogens is 1170 g/mol. The fourth-order valence-corrected chi connectivity index (χ4v) is 16.5. The van der Waals surface area contributed by atoms with E-state index in [1.165, 1.54) is 66.8 Å². The van der Waals surface area contributed by atoms with Crippen LogP contribution in [0.5, 0.6) is 23.0 Å². The SMILES string of the molecule is CCCCc1ccc(OP(=O)(Oc2ccc(CCCC)c(CCCC)c2CCCC)c2ccc(-c3ccc(P(=O)(Oc4ccc(CCCC)c(CCCC)c4CCCC)Oc4ccc(CCCC)c(CCCC)c4CCCC)cc3)cc2)c(CCCC)c1CCCC.